The number of ether oxygens (including phenoxy) is 1. The summed E-state index contributed by atoms with van der Waals surface area (Å²) in [6.07, 6.45) is 1.89. The molecule has 136 valence electrons. The van der Waals surface area contributed by atoms with E-state index in [1.165, 1.54) is 12.1 Å². The van der Waals surface area contributed by atoms with Gasteiger partial charge in [-0.2, -0.15) is 5.10 Å². The van der Waals surface area contributed by atoms with Crippen molar-refractivity contribution in [3.63, 3.8) is 0 Å². The van der Waals surface area contributed by atoms with Crippen molar-refractivity contribution in [1.82, 2.24) is 14.7 Å². The van der Waals surface area contributed by atoms with Crippen LogP contribution in [0.25, 0.3) is 0 Å². The van der Waals surface area contributed by atoms with Gasteiger partial charge in [0.05, 0.1) is 31.6 Å². The quantitative estimate of drug-likeness (QED) is 0.800. The Bertz CT molecular complexity index is 656. The van der Waals surface area contributed by atoms with Crippen LogP contribution in [0.1, 0.15) is 29.8 Å². The fourth-order valence-electron chi connectivity index (χ4n) is 3.61. The smallest absolute Gasteiger partial charge is 0.0900 e. The molecule has 2 heterocycles. The van der Waals surface area contributed by atoms with Crippen LogP contribution in [0.2, 0.25) is 0 Å². The van der Waals surface area contributed by atoms with Gasteiger partial charge in [0.1, 0.15) is 0 Å². The Kier molecular flexibility index (Phi) is 6.24. The number of β-amino-alcohol motifs (C(OH)–C–C–N with tert-alkyl or cyclic N) is 1. The average molecular weight is 343 g/mol. The summed E-state index contributed by atoms with van der Waals surface area (Å²) in [5, 5.41) is 14.9. The van der Waals surface area contributed by atoms with Crippen LogP contribution in [-0.2, 0) is 17.9 Å². The number of aryl methyl sites for hydroxylation is 2. The summed E-state index contributed by atoms with van der Waals surface area (Å²) in [5.74, 6) is 0. The van der Waals surface area contributed by atoms with Gasteiger partial charge < -0.3 is 9.84 Å². The number of hydrogen-bond acceptors (Lipinski definition) is 4. The monoisotopic (exact) mass is 343 g/mol. The zero-order valence-electron chi connectivity index (χ0n) is 15.3. The van der Waals surface area contributed by atoms with E-state index in [1.54, 1.807) is 0 Å². The Labute approximate surface area is 150 Å². The van der Waals surface area contributed by atoms with E-state index in [0.29, 0.717) is 25.8 Å². The SMILES string of the molecule is Cc1cc(C)n(C[C@@H]2CCCN2C[C@@H](O)COCc2ccccc2)n1. The second-order valence-electron chi connectivity index (χ2n) is 7.05. The van der Waals surface area contributed by atoms with E-state index in [0.717, 1.165) is 30.8 Å². The van der Waals surface area contributed by atoms with Crippen molar-refractivity contribution in [2.45, 2.75) is 52.0 Å². The summed E-state index contributed by atoms with van der Waals surface area (Å²) >= 11 is 0. The predicted molar refractivity (Wildman–Crippen MR) is 98.4 cm³/mol. The maximum Gasteiger partial charge on any atom is 0.0900 e. The van der Waals surface area contributed by atoms with Crippen LogP contribution in [-0.4, -0.2) is 51.6 Å². The normalized spacial score (nSPS) is 19.4. The standard InChI is InChI=1S/C20H29N3O2/c1-16-11-17(2)23(21-16)12-19-9-6-10-22(19)13-20(24)15-25-14-18-7-4-3-5-8-18/h3-5,7-8,11,19-20,24H,6,9-10,12-15H2,1-2H3/t19-,20+/m0/s1. The van der Waals surface area contributed by atoms with Crippen molar-refractivity contribution in [3.8, 4) is 0 Å². The maximum absolute atomic E-state index is 10.3. The summed E-state index contributed by atoms with van der Waals surface area (Å²) in [6, 6.07) is 12.6. The van der Waals surface area contributed by atoms with Crippen LogP contribution in [0.4, 0.5) is 0 Å². The zero-order chi connectivity index (χ0) is 17.6. The minimum atomic E-state index is -0.454. The van der Waals surface area contributed by atoms with Crippen LogP contribution >= 0.6 is 0 Å². The van der Waals surface area contributed by atoms with Crippen molar-refractivity contribution >= 4 is 0 Å². The van der Waals surface area contributed by atoms with Gasteiger partial charge in [0.2, 0.25) is 0 Å². The molecule has 1 aromatic heterocycles. The van der Waals surface area contributed by atoms with Gasteiger partial charge in [-0.3, -0.25) is 9.58 Å². The third-order valence-corrected chi connectivity index (χ3v) is 4.85. The van der Waals surface area contributed by atoms with E-state index >= 15 is 0 Å². The summed E-state index contributed by atoms with van der Waals surface area (Å²) in [6.45, 7) is 7.66. The number of likely N-dealkylation sites (tertiary alicyclic amines) is 1. The molecule has 0 saturated carbocycles. The highest BCUT2D eigenvalue weighted by Crippen LogP contribution is 2.20. The number of nitrogens with zero attached hydrogens (tertiary/aromatic N) is 3. The molecule has 1 aliphatic rings. The van der Waals surface area contributed by atoms with Gasteiger partial charge in [-0.25, -0.2) is 0 Å². The Morgan fingerprint density at radius 1 is 1.28 bits per heavy atom. The fourth-order valence-corrected chi connectivity index (χ4v) is 3.61. The number of benzene rings is 1. The van der Waals surface area contributed by atoms with Crippen LogP contribution in [0.15, 0.2) is 36.4 Å². The molecule has 3 rings (SSSR count). The molecular formula is C20H29N3O2. The maximum atomic E-state index is 10.3. The second kappa shape index (κ2) is 8.61. The van der Waals surface area contributed by atoms with Crippen molar-refractivity contribution in [3.05, 3.63) is 53.3 Å². The fraction of sp³-hybridized carbons (Fsp3) is 0.550. The predicted octanol–water partition coefficient (Wildman–Crippen LogP) is 2.54. The lowest BCUT2D eigenvalue weighted by Gasteiger charge is -2.27. The summed E-state index contributed by atoms with van der Waals surface area (Å²) < 4.78 is 7.77. The number of aliphatic hydroxyl groups excluding tert-OH is 1. The molecule has 0 radical (unpaired) electrons. The molecule has 2 aromatic rings. The molecule has 5 nitrogen and oxygen atoms in total. The van der Waals surface area contributed by atoms with Crippen LogP contribution in [0, 0.1) is 13.8 Å². The first-order chi connectivity index (χ1) is 12.1. The lowest BCUT2D eigenvalue weighted by atomic mass is 10.2. The first kappa shape index (κ1) is 18.1. The molecule has 0 spiro atoms. The highest BCUT2D eigenvalue weighted by atomic mass is 16.5. The Morgan fingerprint density at radius 3 is 2.80 bits per heavy atom. The highest BCUT2D eigenvalue weighted by molar-refractivity contribution is 5.13. The van der Waals surface area contributed by atoms with Crippen LogP contribution in [0.5, 0.6) is 0 Å². The Hall–Kier alpha value is -1.69. The molecule has 1 fully saturated rings. The van der Waals surface area contributed by atoms with Crippen LogP contribution in [0.3, 0.4) is 0 Å². The molecular weight excluding hydrogens is 314 g/mol. The molecule has 5 heteroatoms. The van der Waals surface area contributed by atoms with Crippen molar-refractivity contribution in [2.75, 3.05) is 19.7 Å². The summed E-state index contributed by atoms with van der Waals surface area (Å²) in [4.78, 5) is 2.38. The molecule has 25 heavy (non-hydrogen) atoms. The molecule has 0 bridgehead atoms. The first-order valence-electron chi connectivity index (χ1n) is 9.16. The molecule has 1 N–H and O–H groups in total. The lowest BCUT2D eigenvalue weighted by Crippen LogP contribution is -2.40. The van der Waals surface area contributed by atoms with Crippen LogP contribution < -0.4 is 0 Å². The molecule has 0 unspecified atom stereocenters. The van der Waals surface area contributed by atoms with Gasteiger partial charge in [-0.05, 0) is 44.9 Å². The minimum Gasteiger partial charge on any atom is -0.389 e. The molecule has 2 atom stereocenters. The highest BCUT2D eigenvalue weighted by Gasteiger charge is 2.27. The van der Waals surface area contributed by atoms with E-state index in [9.17, 15) is 5.11 Å². The number of aromatic nitrogens is 2. The van der Waals surface area contributed by atoms with Crippen molar-refractivity contribution in [1.29, 1.82) is 0 Å². The third kappa shape index (κ3) is 5.14. The van der Waals surface area contributed by atoms with E-state index in [1.807, 2.05) is 37.3 Å². The minimum absolute atomic E-state index is 0.373. The van der Waals surface area contributed by atoms with Gasteiger partial charge in [-0.1, -0.05) is 30.3 Å². The van der Waals surface area contributed by atoms with Gasteiger partial charge in [-0.15, -0.1) is 0 Å². The molecule has 1 aliphatic heterocycles. The third-order valence-electron chi connectivity index (χ3n) is 4.85. The zero-order valence-corrected chi connectivity index (χ0v) is 15.3. The Morgan fingerprint density at radius 2 is 2.08 bits per heavy atom. The van der Waals surface area contributed by atoms with Gasteiger partial charge in [0.15, 0.2) is 0 Å². The number of rotatable bonds is 8. The van der Waals surface area contributed by atoms with E-state index < -0.39 is 6.10 Å². The van der Waals surface area contributed by atoms with E-state index in [-0.39, 0.29) is 0 Å². The first-order valence-corrected chi connectivity index (χ1v) is 9.16. The molecule has 0 aliphatic carbocycles. The molecule has 1 aromatic carbocycles. The van der Waals surface area contributed by atoms with Crippen molar-refractivity contribution < 1.29 is 9.84 Å². The number of aliphatic hydroxyl groups is 1. The topological polar surface area (TPSA) is 50.5 Å². The van der Waals surface area contributed by atoms with Crippen molar-refractivity contribution in [2.24, 2.45) is 0 Å². The lowest BCUT2D eigenvalue weighted by molar-refractivity contribution is 0.00663. The van der Waals surface area contributed by atoms with Gasteiger partial charge in [0.25, 0.3) is 0 Å². The summed E-state index contributed by atoms with van der Waals surface area (Å²) in [5.41, 5.74) is 3.41. The number of hydrogen-bond donors (Lipinski definition) is 1. The van der Waals surface area contributed by atoms with Gasteiger partial charge >= 0.3 is 0 Å². The largest absolute Gasteiger partial charge is 0.389 e. The van der Waals surface area contributed by atoms with Gasteiger partial charge in [0, 0.05) is 18.3 Å². The average Bonchev–Trinajstić information content (AvgIpc) is 3.15. The van der Waals surface area contributed by atoms with E-state index in [2.05, 4.69) is 27.7 Å². The Balaban J connectivity index is 1.45. The second-order valence-corrected chi connectivity index (χ2v) is 7.05. The summed E-state index contributed by atoms with van der Waals surface area (Å²) in [7, 11) is 0. The van der Waals surface area contributed by atoms with E-state index in [4.69, 9.17) is 4.74 Å². The molecule has 1 saturated heterocycles. The molecule has 0 amide bonds.